The SMILES string of the molecule is CCc1ccc(N[C@H]2NC(=O)/C(=C/c3cc(C)n(-c4cccc(C(=O)OC)c4C)c3C)S2)cc1. The van der Waals surface area contributed by atoms with Crippen LogP contribution in [-0.2, 0) is 16.0 Å². The molecule has 2 N–H and O–H groups in total. The number of aryl methyl sites for hydroxylation is 2. The minimum Gasteiger partial charge on any atom is -0.465 e. The Bertz CT molecular complexity index is 1280. The van der Waals surface area contributed by atoms with Crippen LogP contribution in [0.3, 0.4) is 0 Å². The van der Waals surface area contributed by atoms with Gasteiger partial charge >= 0.3 is 5.97 Å². The fraction of sp³-hybridized carbons (Fsp3) is 0.259. The molecule has 1 aliphatic rings. The number of ether oxygens (including phenoxy) is 1. The van der Waals surface area contributed by atoms with E-state index in [1.165, 1.54) is 24.4 Å². The van der Waals surface area contributed by atoms with Gasteiger partial charge in [0.25, 0.3) is 5.91 Å². The highest BCUT2D eigenvalue weighted by atomic mass is 32.2. The van der Waals surface area contributed by atoms with Crippen LogP contribution < -0.4 is 10.6 Å². The summed E-state index contributed by atoms with van der Waals surface area (Å²) in [5.41, 5.74) is 7.30. The predicted octanol–water partition coefficient (Wildman–Crippen LogP) is 5.35. The largest absolute Gasteiger partial charge is 0.465 e. The minimum absolute atomic E-state index is 0.0960. The molecule has 4 rings (SSSR count). The molecular formula is C27H29N3O3S. The Morgan fingerprint density at radius 3 is 2.59 bits per heavy atom. The summed E-state index contributed by atoms with van der Waals surface area (Å²) < 4.78 is 7.04. The smallest absolute Gasteiger partial charge is 0.338 e. The number of amides is 1. The fourth-order valence-corrected chi connectivity index (χ4v) is 5.17. The maximum absolute atomic E-state index is 12.7. The lowest BCUT2D eigenvalue weighted by Gasteiger charge is -2.15. The number of benzene rings is 2. The zero-order valence-electron chi connectivity index (χ0n) is 20.1. The Hall–Kier alpha value is -3.45. The summed E-state index contributed by atoms with van der Waals surface area (Å²) in [6.07, 6.45) is 2.92. The van der Waals surface area contributed by atoms with Crippen LogP contribution in [0, 0.1) is 20.8 Å². The van der Waals surface area contributed by atoms with E-state index >= 15 is 0 Å². The number of thioether (sulfide) groups is 1. The van der Waals surface area contributed by atoms with Crippen molar-refractivity contribution in [1.29, 1.82) is 0 Å². The second-order valence-corrected chi connectivity index (χ2v) is 9.42. The van der Waals surface area contributed by atoms with E-state index in [-0.39, 0.29) is 17.4 Å². The van der Waals surface area contributed by atoms with Gasteiger partial charge < -0.3 is 19.9 Å². The Morgan fingerprint density at radius 2 is 1.91 bits per heavy atom. The fourth-order valence-electron chi connectivity index (χ4n) is 4.20. The molecule has 0 aliphatic carbocycles. The molecule has 2 aromatic carbocycles. The van der Waals surface area contributed by atoms with Gasteiger partial charge in [-0.2, -0.15) is 0 Å². The first-order valence-corrected chi connectivity index (χ1v) is 12.1. The van der Waals surface area contributed by atoms with Crippen LogP contribution in [-0.4, -0.2) is 29.1 Å². The summed E-state index contributed by atoms with van der Waals surface area (Å²) >= 11 is 1.47. The van der Waals surface area contributed by atoms with Crippen LogP contribution in [0.4, 0.5) is 5.69 Å². The average molecular weight is 476 g/mol. The molecular weight excluding hydrogens is 446 g/mol. The normalized spacial score (nSPS) is 16.6. The quantitative estimate of drug-likeness (QED) is 0.371. The lowest BCUT2D eigenvalue weighted by molar-refractivity contribution is -0.116. The number of anilines is 1. The molecule has 34 heavy (non-hydrogen) atoms. The van der Waals surface area contributed by atoms with Crippen molar-refractivity contribution >= 4 is 35.4 Å². The average Bonchev–Trinajstić information content (AvgIpc) is 3.31. The van der Waals surface area contributed by atoms with Gasteiger partial charge in [0.05, 0.1) is 17.6 Å². The zero-order valence-corrected chi connectivity index (χ0v) is 20.9. The number of rotatable bonds is 6. The van der Waals surface area contributed by atoms with Crippen molar-refractivity contribution in [3.05, 3.63) is 87.1 Å². The van der Waals surface area contributed by atoms with Crippen LogP contribution in [0.5, 0.6) is 0 Å². The summed E-state index contributed by atoms with van der Waals surface area (Å²) in [4.78, 5) is 25.5. The molecule has 0 unspecified atom stereocenters. The van der Waals surface area contributed by atoms with Crippen molar-refractivity contribution in [3.8, 4) is 5.69 Å². The van der Waals surface area contributed by atoms with Crippen molar-refractivity contribution in [2.24, 2.45) is 0 Å². The molecule has 7 heteroatoms. The van der Waals surface area contributed by atoms with E-state index in [0.717, 1.165) is 40.3 Å². The Kier molecular flexibility index (Phi) is 6.84. The lowest BCUT2D eigenvalue weighted by atomic mass is 10.1. The topological polar surface area (TPSA) is 72.4 Å². The van der Waals surface area contributed by atoms with Crippen LogP contribution in [0.2, 0.25) is 0 Å². The summed E-state index contributed by atoms with van der Waals surface area (Å²) in [7, 11) is 1.39. The summed E-state index contributed by atoms with van der Waals surface area (Å²) in [5, 5.41) is 6.36. The van der Waals surface area contributed by atoms with Crippen LogP contribution in [0.1, 0.15) is 45.4 Å². The molecule has 0 radical (unpaired) electrons. The number of methoxy groups -OCH3 is 1. The molecule has 6 nitrogen and oxygen atoms in total. The second-order valence-electron chi connectivity index (χ2n) is 8.28. The summed E-state index contributed by atoms with van der Waals surface area (Å²) in [6.45, 7) is 8.08. The Balaban J connectivity index is 1.59. The van der Waals surface area contributed by atoms with E-state index < -0.39 is 0 Å². The number of aromatic nitrogens is 1. The number of carbonyl (C=O) groups is 2. The van der Waals surface area contributed by atoms with E-state index in [2.05, 4.69) is 40.3 Å². The molecule has 0 saturated carbocycles. The van der Waals surface area contributed by atoms with E-state index in [1.54, 1.807) is 6.07 Å². The van der Waals surface area contributed by atoms with Crippen molar-refractivity contribution < 1.29 is 14.3 Å². The third-order valence-corrected chi connectivity index (χ3v) is 7.13. The van der Waals surface area contributed by atoms with Gasteiger partial charge in [-0.3, -0.25) is 4.79 Å². The zero-order chi connectivity index (χ0) is 24.4. The molecule has 1 atom stereocenters. The molecule has 1 saturated heterocycles. The number of nitrogens with one attached hydrogen (secondary N) is 2. The number of nitrogens with zero attached hydrogens (tertiary/aromatic N) is 1. The van der Waals surface area contributed by atoms with Crippen LogP contribution in [0.15, 0.2) is 53.4 Å². The molecule has 0 bridgehead atoms. The molecule has 1 aromatic heterocycles. The molecule has 0 spiro atoms. The van der Waals surface area contributed by atoms with Gasteiger partial charge in [-0.15, -0.1) is 0 Å². The Labute approximate surface area is 204 Å². The first-order valence-electron chi connectivity index (χ1n) is 11.2. The maximum atomic E-state index is 12.7. The number of esters is 1. The van der Waals surface area contributed by atoms with Crippen molar-refractivity contribution in [2.75, 3.05) is 12.4 Å². The first-order chi connectivity index (χ1) is 16.3. The molecule has 1 aliphatic heterocycles. The number of hydrogen-bond acceptors (Lipinski definition) is 5. The molecule has 1 amide bonds. The second kappa shape index (κ2) is 9.81. The van der Waals surface area contributed by atoms with Crippen LogP contribution >= 0.6 is 11.8 Å². The number of carbonyl (C=O) groups excluding carboxylic acids is 2. The Morgan fingerprint density at radius 1 is 1.18 bits per heavy atom. The van der Waals surface area contributed by atoms with Gasteiger partial charge in [-0.05, 0) is 80.3 Å². The van der Waals surface area contributed by atoms with E-state index in [4.69, 9.17) is 4.74 Å². The van der Waals surface area contributed by atoms with Gasteiger partial charge in [0.2, 0.25) is 0 Å². The van der Waals surface area contributed by atoms with Gasteiger partial charge in [0.1, 0.15) is 0 Å². The van der Waals surface area contributed by atoms with Gasteiger partial charge in [-0.1, -0.05) is 36.9 Å². The standard InChI is InChI=1S/C27H29N3O3S/c1-6-19-10-12-21(13-11-19)28-27-29-25(31)24(34-27)15-20-14-16(2)30(18(20)4)23-9-7-8-22(17(23)3)26(32)33-5/h7-15,27-28H,6H2,1-5H3,(H,29,31)/b24-15-/t27-/m0/s1. The summed E-state index contributed by atoms with van der Waals surface area (Å²) in [6, 6.07) is 15.9. The predicted molar refractivity (Wildman–Crippen MR) is 138 cm³/mol. The monoisotopic (exact) mass is 475 g/mol. The molecule has 2 heterocycles. The van der Waals surface area contributed by atoms with Crippen molar-refractivity contribution in [1.82, 2.24) is 9.88 Å². The summed E-state index contributed by atoms with van der Waals surface area (Å²) in [5.74, 6) is -0.451. The highest BCUT2D eigenvalue weighted by Crippen LogP contribution is 2.33. The third-order valence-electron chi connectivity index (χ3n) is 6.10. The first kappa shape index (κ1) is 23.7. The molecule has 1 fully saturated rings. The van der Waals surface area contributed by atoms with E-state index in [0.29, 0.717) is 10.5 Å². The van der Waals surface area contributed by atoms with Gasteiger partial charge in [0.15, 0.2) is 5.50 Å². The van der Waals surface area contributed by atoms with Crippen molar-refractivity contribution in [3.63, 3.8) is 0 Å². The molecule has 176 valence electrons. The minimum atomic E-state index is -0.356. The van der Waals surface area contributed by atoms with Crippen molar-refractivity contribution in [2.45, 2.75) is 39.6 Å². The van der Waals surface area contributed by atoms with E-state index in [9.17, 15) is 9.59 Å². The number of hydrogen-bond donors (Lipinski definition) is 2. The lowest BCUT2D eigenvalue weighted by Crippen LogP contribution is -2.30. The van der Waals surface area contributed by atoms with E-state index in [1.807, 2.05) is 51.1 Å². The third kappa shape index (κ3) is 4.61. The molecule has 3 aromatic rings. The highest BCUT2D eigenvalue weighted by Gasteiger charge is 2.28. The maximum Gasteiger partial charge on any atom is 0.338 e. The van der Waals surface area contributed by atoms with Gasteiger partial charge in [-0.25, -0.2) is 4.79 Å². The van der Waals surface area contributed by atoms with Gasteiger partial charge in [0, 0.05) is 22.8 Å². The highest BCUT2D eigenvalue weighted by molar-refractivity contribution is 8.05. The van der Waals surface area contributed by atoms with Crippen LogP contribution in [0.25, 0.3) is 11.8 Å².